The third-order valence-corrected chi connectivity index (χ3v) is 3.27. The van der Waals surface area contributed by atoms with Gasteiger partial charge >= 0.3 is 5.97 Å². The second-order valence-electron chi connectivity index (χ2n) is 5.20. The average molecular weight is 341 g/mol. The Balaban J connectivity index is 1.48. The Kier molecular flexibility index (Phi) is 4.89. The molecule has 0 radical (unpaired) electrons. The van der Waals surface area contributed by atoms with E-state index in [9.17, 15) is 9.59 Å². The van der Waals surface area contributed by atoms with E-state index in [1.165, 1.54) is 12.3 Å². The van der Waals surface area contributed by atoms with E-state index in [1.807, 2.05) is 31.2 Å². The maximum absolute atomic E-state index is 11.6. The monoisotopic (exact) mass is 341 g/mol. The van der Waals surface area contributed by atoms with Crippen molar-refractivity contribution in [3.05, 3.63) is 59.9 Å². The number of hydrogen-bond donors (Lipinski definition) is 1. The van der Waals surface area contributed by atoms with Crippen molar-refractivity contribution in [2.24, 2.45) is 0 Å². The minimum absolute atomic E-state index is 0.118. The fraction of sp³-hybridized carbons (Fsp3) is 0.176. The zero-order chi connectivity index (χ0) is 17.6. The van der Waals surface area contributed by atoms with Crippen molar-refractivity contribution in [3.8, 4) is 11.4 Å². The SMILES string of the molecule is Cc1ccc(-c2noc(COC(=O)CNC(=O)c3ccco3)n2)cc1. The van der Waals surface area contributed by atoms with E-state index >= 15 is 0 Å². The molecule has 1 N–H and O–H groups in total. The summed E-state index contributed by atoms with van der Waals surface area (Å²) in [4.78, 5) is 27.4. The van der Waals surface area contributed by atoms with Gasteiger partial charge in [0.2, 0.25) is 5.82 Å². The van der Waals surface area contributed by atoms with Crippen LogP contribution in [0.4, 0.5) is 0 Å². The second kappa shape index (κ2) is 7.43. The van der Waals surface area contributed by atoms with E-state index < -0.39 is 11.9 Å². The highest BCUT2D eigenvalue weighted by Gasteiger charge is 2.13. The van der Waals surface area contributed by atoms with E-state index in [-0.39, 0.29) is 24.8 Å². The van der Waals surface area contributed by atoms with Gasteiger partial charge in [-0.15, -0.1) is 0 Å². The number of ether oxygens (including phenoxy) is 1. The molecule has 0 atom stereocenters. The maximum atomic E-state index is 11.6. The molecule has 0 unspecified atom stereocenters. The van der Waals surface area contributed by atoms with E-state index in [1.54, 1.807) is 6.07 Å². The summed E-state index contributed by atoms with van der Waals surface area (Å²) in [7, 11) is 0. The molecule has 1 aromatic carbocycles. The summed E-state index contributed by atoms with van der Waals surface area (Å²) >= 11 is 0. The Morgan fingerprint density at radius 1 is 1.20 bits per heavy atom. The van der Waals surface area contributed by atoms with Crippen molar-refractivity contribution in [1.82, 2.24) is 15.5 Å². The van der Waals surface area contributed by atoms with Gasteiger partial charge in [-0.1, -0.05) is 35.0 Å². The van der Waals surface area contributed by atoms with E-state index in [0.29, 0.717) is 5.82 Å². The number of esters is 1. The number of aromatic nitrogens is 2. The zero-order valence-electron chi connectivity index (χ0n) is 13.4. The molecular formula is C17H15N3O5. The number of amides is 1. The van der Waals surface area contributed by atoms with Crippen molar-refractivity contribution in [1.29, 1.82) is 0 Å². The first-order valence-electron chi connectivity index (χ1n) is 7.49. The number of rotatable bonds is 6. The smallest absolute Gasteiger partial charge is 0.325 e. The molecule has 2 heterocycles. The molecule has 0 aliphatic heterocycles. The van der Waals surface area contributed by atoms with Gasteiger partial charge in [-0.05, 0) is 19.1 Å². The Morgan fingerprint density at radius 2 is 2.00 bits per heavy atom. The molecule has 0 saturated carbocycles. The lowest BCUT2D eigenvalue weighted by Gasteiger charge is -2.03. The zero-order valence-corrected chi connectivity index (χ0v) is 13.4. The lowest BCUT2D eigenvalue weighted by Crippen LogP contribution is -2.30. The lowest BCUT2D eigenvalue weighted by molar-refractivity contribution is -0.144. The first kappa shape index (κ1) is 16.4. The minimum atomic E-state index is -0.630. The number of nitrogens with zero attached hydrogens (tertiary/aromatic N) is 2. The van der Waals surface area contributed by atoms with Crippen molar-refractivity contribution >= 4 is 11.9 Å². The van der Waals surface area contributed by atoms with Gasteiger partial charge in [-0.2, -0.15) is 4.98 Å². The molecular weight excluding hydrogens is 326 g/mol. The lowest BCUT2D eigenvalue weighted by atomic mass is 10.1. The summed E-state index contributed by atoms with van der Waals surface area (Å²) in [5.74, 6) is -0.428. The molecule has 0 fully saturated rings. The molecule has 128 valence electrons. The highest BCUT2D eigenvalue weighted by molar-refractivity contribution is 5.93. The molecule has 3 rings (SSSR count). The van der Waals surface area contributed by atoms with E-state index in [0.717, 1.165) is 11.1 Å². The third-order valence-electron chi connectivity index (χ3n) is 3.27. The summed E-state index contributed by atoms with van der Waals surface area (Å²) < 4.78 is 14.9. The van der Waals surface area contributed by atoms with Gasteiger partial charge in [0, 0.05) is 5.56 Å². The molecule has 0 saturated heterocycles. The van der Waals surface area contributed by atoms with Crippen LogP contribution in [0, 0.1) is 6.92 Å². The largest absolute Gasteiger partial charge is 0.459 e. The van der Waals surface area contributed by atoms with Gasteiger partial charge in [0.05, 0.1) is 6.26 Å². The third kappa shape index (κ3) is 4.31. The van der Waals surface area contributed by atoms with Crippen molar-refractivity contribution < 1.29 is 23.3 Å². The normalized spacial score (nSPS) is 10.4. The van der Waals surface area contributed by atoms with E-state index in [4.69, 9.17) is 13.7 Å². The van der Waals surface area contributed by atoms with Crippen LogP contribution >= 0.6 is 0 Å². The Morgan fingerprint density at radius 3 is 2.72 bits per heavy atom. The van der Waals surface area contributed by atoms with Crippen LogP contribution in [0.2, 0.25) is 0 Å². The number of carbonyl (C=O) groups excluding carboxylic acids is 2. The Bertz CT molecular complexity index is 853. The number of carbonyl (C=O) groups is 2. The number of hydrogen-bond acceptors (Lipinski definition) is 7. The molecule has 25 heavy (non-hydrogen) atoms. The molecule has 1 amide bonds. The number of furan rings is 1. The van der Waals surface area contributed by atoms with Crippen LogP contribution in [0.15, 0.2) is 51.6 Å². The molecule has 0 aliphatic rings. The van der Waals surface area contributed by atoms with Gasteiger partial charge in [-0.3, -0.25) is 9.59 Å². The first-order valence-corrected chi connectivity index (χ1v) is 7.49. The predicted molar refractivity (Wildman–Crippen MR) is 85.3 cm³/mol. The van der Waals surface area contributed by atoms with Crippen LogP contribution in [0.3, 0.4) is 0 Å². The number of nitrogens with one attached hydrogen (secondary N) is 1. The van der Waals surface area contributed by atoms with E-state index in [2.05, 4.69) is 15.5 Å². The standard InChI is InChI=1S/C17H15N3O5/c1-11-4-6-12(7-5-11)16-19-14(25-20-16)10-24-15(21)9-18-17(22)13-3-2-8-23-13/h2-8H,9-10H2,1H3,(H,18,22). The highest BCUT2D eigenvalue weighted by atomic mass is 16.6. The van der Waals surface area contributed by atoms with Crippen LogP contribution in [-0.4, -0.2) is 28.6 Å². The summed E-state index contributed by atoms with van der Waals surface area (Å²) in [5.41, 5.74) is 1.93. The number of aryl methyl sites for hydroxylation is 1. The molecule has 2 aromatic heterocycles. The van der Waals surface area contributed by atoms with Gasteiger partial charge in [-0.25, -0.2) is 0 Å². The van der Waals surface area contributed by atoms with Crippen LogP contribution < -0.4 is 5.32 Å². The molecule has 0 bridgehead atoms. The van der Waals surface area contributed by atoms with Crippen LogP contribution in [0.1, 0.15) is 22.0 Å². The highest BCUT2D eigenvalue weighted by Crippen LogP contribution is 2.16. The van der Waals surface area contributed by atoms with Crippen molar-refractivity contribution in [2.75, 3.05) is 6.54 Å². The summed E-state index contributed by atoms with van der Waals surface area (Å²) in [5, 5.41) is 6.23. The average Bonchev–Trinajstić information content (AvgIpc) is 3.30. The summed E-state index contributed by atoms with van der Waals surface area (Å²) in [6.07, 6.45) is 1.37. The molecule has 3 aromatic rings. The fourth-order valence-corrected chi connectivity index (χ4v) is 1.97. The number of benzene rings is 1. The predicted octanol–water partition coefficient (Wildman–Crippen LogP) is 2.11. The van der Waals surface area contributed by atoms with Gasteiger partial charge in [0.1, 0.15) is 6.54 Å². The van der Waals surface area contributed by atoms with Crippen molar-refractivity contribution in [2.45, 2.75) is 13.5 Å². The molecule has 8 heteroatoms. The fourth-order valence-electron chi connectivity index (χ4n) is 1.97. The van der Waals surface area contributed by atoms with Gasteiger partial charge < -0.3 is 19.0 Å². The van der Waals surface area contributed by atoms with Gasteiger partial charge in [0.25, 0.3) is 11.8 Å². The van der Waals surface area contributed by atoms with Gasteiger partial charge in [0.15, 0.2) is 12.4 Å². The maximum Gasteiger partial charge on any atom is 0.325 e. The second-order valence-corrected chi connectivity index (χ2v) is 5.20. The van der Waals surface area contributed by atoms with Crippen molar-refractivity contribution in [3.63, 3.8) is 0 Å². The first-order chi connectivity index (χ1) is 12.1. The molecule has 0 aliphatic carbocycles. The summed E-state index contributed by atoms with van der Waals surface area (Å²) in [6, 6.07) is 10.7. The van der Waals surface area contributed by atoms with Crippen LogP contribution in [0.25, 0.3) is 11.4 Å². The molecule has 0 spiro atoms. The van der Waals surface area contributed by atoms with Crippen LogP contribution in [0.5, 0.6) is 0 Å². The summed E-state index contributed by atoms with van der Waals surface area (Å²) in [6.45, 7) is 1.52. The minimum Gasteiger partial charge on any atom is -0.459 e. The Hall–Kier alpha value is -3.42. The quantitative estimate of drug-likeness (QED) is 0.684. The molecule has 8 nitrogen and oxygen atoms in total. The Labute approximate surface area is 142 Å². The van der Waals surface area contributed by atoms with Crippen LogP contribution in [-0.2, 0) is 16.1 Å². The topological polar surface area (TPSA) is 107 Å².